The molecule has 10 heteroatoms. The lowest BCUT2D eigenvalue weighted by molar-refractivity contribution is -0.137. The van der Waals surface area contributed by atoms with Gasteiger partial charge in [0, 0.05) is 12.7 Å². The molecule has 1 aliphatic rings. The third kappa shape index (κ3) is 3.93. The quantitative estimate of drug-likeness (QED) is 0.688. The fourth-order valence-corrected chi connectivity index (χ4v) is 3.05. The normalized spacial score (nSPS) is 12.8. The Labute approximate surface area is 169 Å². The smallest absolute Gasteiger partial charge is 0.417 e. The van der Waals surface area contributed by atoms with Crippen molar-refractivity contribution in [3.8, 4) is 17.3 Å². The van der Waals surface area contributed by atoms with E-state index in [0.29, 0.717) is 35.7 Å². The predicted octanol–water partition coefficient (Wildman–Crippen LogP) is 3.30. The van der Waals surface area contributed by atoms with Crippen molar-refractivity contribution in [2.75, 3.05) is 13.3 Å². The van der Waals surface area contributed by atoms with Crippen molar-refractivity contribution in [1.82, 2.24) is 20.1 Å². The summed E-state index contributed by atoms with van der Waals surface area (Å²) < 4.78 is 50.0. The SMILES string of the molecule is Cc1c(C(=O)NCCc2ccc3c(c2)OCO3)cnn1-c1ccc(C(F)(F)F)cn1. The van der Waals surface area contributed by atoms with Crippen molar-refractivity contribution in [2.24, 2.45) is 0 Å². The van der Waals surface area contributed by atoms with Gasteiger partial charge in [0.15, 0.2) is 17.3 Å². The Morgan fingerprint density at radius 2 is 1.97 bits per heavy atom. The molecule has 0 saturated heterocycles. The maximum atomic E-state index is 12.7. The van der Waals surface area contributed by atoms with E-state index >= 15 is 0 Å². The lowest BCUT2D eigenvalue weighted by atomic mass is 10.1. The monoisotopic (exact) mass is 418 g/mol. The zero-order valence-corrected chi connectivity index (χ0v) is 15.9. The number of pyridine rings is 1. The summed E-state index contributed by atoms with van der Waals surface area (Å²) in [5, 5.41) is 6.90. The highest BCUT2D eigenvalue weighted by atomic mass is 19.4. The van der Waals surface area contributed by atoms with Crippen molar-refractivity contribution in [2.45, 2.75) is 19.5 Å². The Balaban J connectivity index is 1.40. The van der Waals surface area contributed by atoms with Crippen molar-refractivity contribution in [3.05, 3.63) is 65.1 Å². The molecule has 1 amide bonds. The average Bonchev–Trinajstić information content (AvgIpc) is 3.33. The number of benzene rings is 1. The number of nitrogens with one attached hydrogen (secondary N) is 1. The molecule has 0 bridgehead atoms. The number of carbonyl (C=O) groups excluding carboxylic acids is 1. The summed E-state index contributed by atoms with van der Waals surface area (Å²) in [6.07, 6.45) is -1.77. The van der Waals surface area contributed by atoms with E-state index in [1.807, 2.05) is 18.2 Å². The molecule has 0 fully saturated rings. The Morgan fingerprint density at radius 3 is 2.70 bits per heavy atom. The van der Waals surface area contributed by atoms with Crippen LogP contribution in [-0.2, 0) is 12.6 Å². The molecule has 4 rings (SSSR count). The van der Waals surface area contributed by atoms with E-state index in [1.165, 1.54) is 16.9 Å². The first-order valence-corrected chi connectivity index (χ1v) is 9.08. The predicted molar refractivity (Wildman–Crippen MR) is 99.7 cm³/mol. The van der Waals surface area contributed by atoms with Gasteiger partial charge in [-0.25, -0.2) is 9.67 Å². The molecule has 1 N–H and O–H groups in total. The van der Waals surface area contributed by atoms with Crippen LogP contribution < -0.4 is 14.8 Å². The van der Waals surface area contributed by atoms with Gasteiger partial charge in [-0.2, -0.15) is 18.3 Å². The summed E-state index contributed by atoms with van der Waals surface area (Å²) >= 11 is 0. The lowest BCUT2D eigenvalue weighted by Crippen LogP contribution is -2.26. The van der Waals surface area contributed by atoms with Gasteiger partial charge in [0.05, 0.1) is 23.0 Å². The number of halogens is 3. The van der Waals surface area contributed by atoms with Gasteiger partial charge < -0.3 is 14.8 Å². The third-order valence-electron chi connectivity index (χ3n) is 4.68. The van der Waals surface area contributed by atoms with Crippen LogP contribution in [0.5, 0.6) is 11.5 Å². The largest absolute Gasteiger partial charge is 0.454 e. The first-order valence-electron chi connectivity index (χ1n) is 9.08. The summed E-state index contributed by atoms with van der Waals surface area (Å²) in [6, 6.07) is 7.73. The Kier molecular flexibility index (Phi) is 5.06. The van der Waals surface area contributed by atoms with Gasteiger partial charge in [-0.15, -0.1) is 0 Å². The Bertz CT molecular complexity index is 1080. The number of aromatic nitrogens is 3. The molecule has 0 saturated carbocycles. The van der Waals surface area contributed by atoms with Gasteiger partial charge in [0.1, 0.15) is 0 Å². The maximum Gasteiger partial charge on any atom is 0.417 e. The van der Waals surface area contributed by atoms with E-state index in [9.17, 15) is 18.0 Å². The summed E-state index contributed by atoms with van der Waals surface area (Å²) in [6.45, 7) is 2.24. The molecular formula is C20H17F3N4O3. The van der Waals surface area contributed by atoms with Crippen LogP contribution in [0.3, 0.4) is 0 Å². The minimum absolute atomic E-state index is 0.194. The van der Waals surface area contributed by atoms with Gasteiger partial charge in [0.25, 0.3) is 5.91 Å². The maximum absolute atomic E-state index is 12.7. The molecule has 3 heterocycles. The van der Waals surface area contributed by atoms with Gasteiger partial charge in [0.2, 0.25) is 6.79 Å². The van der Waals surface area contributed by atoms with E-state index < -0.39 is 11.7 Å². The highest BCUT2D eigenvalue weighted by molar-refractivity contribution is 5.95. The number of fused-ring (bicyclic) bond motifs is 1. The number of ether oxygens (including phenoxy) is 2. The Hall–Kier alpha value is -3.56. The highest BCUT2D eigenvalue weighted by Gasteiger charge is 2.30. The van der Waals surface area contributed by atoms with Crippen LogP contribution in [-0.4, -0.2) is 34.0 Å². The minimum atomic E-state index is -4.46. The zero-order chi connectivity index (χ0) is 21.3. The van der Waals surface area contributed by atoms with Crippen molar-refractivity contribution in [1.29, 1.82) is 0 Å². The lowest BCUT2D eigenvalue weighted by Gasteiger charge is -2.08. The van der Waals surface area contributed by atoms with Crippen LogP contribution in [0.2, 0.25) is 0 Å². The molecule has 0 aliphatic carbocycles. The fraction of sp³-hybridized carbons (Fsp3) is 0.250. The van der Waals surface area contributed by atoms with Crippen LogP contribution in [0, 0.1) is 6.92 Å². The highest BCUT2D eigenvalue weighted by Crippen LogP contribution is 2.32. The first kappa shape index (κ1) is 19.7. The number of amides is 1. The molecule has 156 valence electrons. The summed E-state index contributed by atoms with van der Waals surface area (Å²) in [5.74, 6) is 1.24. The van der Waals surface area contributed by atoms with Gasteiger partial charge >= 0.3 is 6.18 Å². The second-order valence-corrected chi connectivity index (χ2v) is 6.65. The van der Waals surface area contributed by atoms with E-state index in [0.717, 1.165) is 17.8 Å². The third-order valence-corrected chi connectivity index (χ3v) is 4.68. The van der Waals surface area contributed by atoms with Crippen LogP contribution in [0.25, 0.3) is 5.82 Å². The molecule has 0 unspecified atom stereocenters. The van der Waals surface area contributed by atoms with Crippen LogP contribution in [0.1, 0.15) is 27.2 Å². The molecule has 7 nitrogen and oxygen atoms in total. The van der Waals surface area contributed by atoms with E-state index in [2.05, 4.69) is 15.4 Å². The molecular weight excluding hydrogens is 401 g/mol. The molecule has 0 spiro atoms. The second-order valence-electron chi connectivity index (χ2n) is 6.65. The Morgan fingerprint density at radius 1 is 1.17 bits per heavy atom. The number of hydrogen-bond donors (Lipinski definition) is 1. The number of nitrogens with zero attached hydrogens (tertiary/aromatic N) is 3. The van der Waals surface area contributed by atoms with Gasteiger partial charge in [-0.1, -0.05) is 6.07 Å². The van der Waals surface area contributed by atoms with E-state index in [-0.39, 0.29) is 18.5 Å². The molecule has 1 aliphatic heterocycles. The van der Waals surface area contributed by atoms with E-state index in [4.69, 9.17) is 9.47 Å². The number of hydrogen-bond acceptors (Lipinski definition) is 5. The topological polar surface area (TPSA) is 78.3 Å². The van der Waals surface area contributed by atoms with Crippen LogP contribution >= 0.6 is 0 Å². The van der Waals surface area contributed by atoms with Crippen molar-refractivity contribution < 1.29 is 27.4 Å². The number of carbonyl (C=O) groups is 1. The summed E-state index contributed by atoms with van der Waals surface area (Å²) in [7, 11) is 0. The van der Waals surface area contributed by atoms with E-state index in [1.54, 1.807) is 6.92 Å². The minimum Gasteiger partial charge on any atom is -0.454 e. The molecule has 2 aromatic heterocycles. The van der Waals surface area contributed by atoms with Gasteiger partial charge in [-0.3, -0.25) is 4.79 Å². The van der Waals surface area contributed by atoms with Crippen LogP contribution in [0.4, 0.5) is 13.2 Å². The molecule has 3 aromatic rings. The van der Waals surface area contributed by atoms with Crippen molar-refractivity contribution >= 4 is 5.91 Å². The molecule has 0 radical (unpaired) electrons. The number of alkyl halides is 3. The van der Waals surface area contributed by atoms with Gasteiger partial charge in [-0.05, 0) is 43.2 Å². The van der Waals surface area contributed by atoms with Crippen molar-refractivity contribution in [3.63, 3.8) is 0 Å². The number of rotatable bonds is 5. The summed E-state index contributed by atoms with van der Waals surface area (Å²) in [5.41, 5.74) is 0.934. The molecule has 30 heavy (non-hydrogen) atoms. The molecule has 0 atom stereocenters. The first-order chi connectivity index (χ1) is 14.3. The summed E-state index contributed by atoms with van der Waals surface area (Å²) in [4.78, 5) is 16.3. The second kappa shape index (κ2) is 7.69. The molecule has 1 aromatic carbocycles. The zero-order valence-electron chi connectivity index (χ0n) is 15.9. The fourth-order valence-electron chi connectivity index (χ4n) is 3.05. The average molecular weight is 418 g/mol. The van der Waals surface area contributed by atoms with Crippen LogP contribution in [0.15, 0.2) is 42.7 Å². The standard InChI is InChI=1S/C20H17F3N4O3/c1-12-15(10-26-27(12)18-5-3-14(9-25-18)20(21,22)23)19(28)24-7-6-13-2-4-16-17(8-13)30-11-29-16/h2-5,8-10H,6-7,11H2,1H3,(H,24,28).